The molecule has 1 fully saturated rings. The van der Waals surface area contributed by atoms with Crippen molar-refractivity contribution < 1.29 is 9.59 Å². The first-order valence-electron chi connectivity index (χ1n) is 7.03. The predicted molar refractivity (Wildman–Crippen MR) is 81.6 cm³/mol. The highest BCUT2D eigenvalue weighted by Gasteiger charge is 2.40. The topological polar surface area (TPSA) is 101 Å². The molecular weight excluding hydrogens is 268 g/mol. The largest absolute Gasteiger partial charge is 0.369 e. The van der Waals surface area contributed by atoms with E-state index in [1.54, 1.807) is 11.8 Å². The van der Waals surface area contributed by atoms with Gasteiger partial charge in [0.2, 0.25) is 5.91 Å². The maximum Gasteiger partial charge on any atom is 0.321 e. The first kappa shape index (κ1) is 15.3. The van der Waals surface area contributed by atoms with Crippen LogP contribution < -0.4 is 16.8 Å². The van der Waals surface area contributed by atoms with Gasteiger partial charge in [-0.3, -0.25) is 4.79 Å². The fraction of sp³-hybridized carbons (Fsp3) is 0.467. The summed E-state index contributed by atoms with van der Waals surface area (Å²) in [7, 11) is 0. The molecule has 0 aliphatic carbocycles. The number of benzene rings is 1. The highest BCUT2D eigenvalue weighted by Crippen LogP contribution is 2.29. The zero-order valence-corrected chi connectivity index (χ0v) is 12.4. The van der Waals surface area contributed by atoms with Gasteiger partial charge in [-0.2, -0.15) is 0 Å². The molecule has 21 heavy (non-hydrogen) atoms. The van der Waals surface area contributed by atoms with Gasteiger partial charge < -0.3 is 21.7 Å². The van der Waals surface area contributed by atoms with Crippen LogP contribution >= 0.6 is 0 Å². The predicted octanol–water partition coefficient (Wildman–Crippen LogP) is 1.44. The van der Waals surface area contributed by atoms with Gasteiger partial charge in [0.1, 0.15) is 0 Å². The Hall–Kier alpha value is -2.08. The third-order valence-electron chi connectivity index (χ3n) is 4.02. The molecule has 2 unspecified atom stereocenters. The number of rotatable bonds is 3. The van der Waals surface area contributed by atoms with Crippen molar-refractivity contribution in [1.82, 2.24) is 4.90 Å². The van der Waals surface area contributed by atoms with Gasteiger partial charge in [-0.15, -0.1) is 0 Å². The summed E-state index contributed by atoms with van der Waals surface area (Å²) in [5.74, 6) is -0.364. The van der Waals surface area contributed by atoms with Crippen LogP contribution in [-0.4, -0.2) is 29.9 Å². The first-order chi connectivity index (χ1) is 9.82. The summed E-state index contributed by atoms with van der Waals surface area (Å²) in [5.41, 5.74) is 12.2. The van der Waals surface area contributed by atoms with Crippen molar-refractivity contribution >= 4 is 17.6 Å². The molecule has 1 aromatic carbocycles. The number of likely N-dealkylation sites (tertiary alicyclic amines) is 1. The molecule has 1 heterocycles. The molecule has 1 saturated heterocycles. The number of anilines is 1. The molecule has 5 N–H and O–H groups in total. The van der Waals surface area contributed by atoms with Gasteiger partial charge in [-0.1, -0.05) is 12.1 Å². The third-order valence-corrected chi connectivity index (χ3v) is 4.02. The number of amides is 3. The number of primary amides is 1. The van der Waals surface area contributed by atoms with E-state index in [-0.39, 0.29) is 18.0 Å². The van der Waals surface area contributed by atoms with Gasteiger partial charge in [-0.05, 0) is 38.0 Å². The standard InChI is InChI=1S/C15H22N4O2/c1-10(16)11-4-3-5-12(8-11)18-14(21)19-7-6-15(2,9-19)13(17)20/h3-5,8,10H,6-7,9,16H2,1-2H3,(H2,17,20)(H,18,21). The van der Waals surface area contributed by atoms with E-state index in [1.807, 2.05) is 31.2 Å². The van der Waals surface area contributed by atoms with Crippen LogP contribution in [0.15, 0.2) is 24.3 Å². The number of nitrogens with zero attached hydrogens (tertiary/aromatic N) is 1. The van der Waals surface area contributed by atoms with E-state index < -0.39 is 5.41 Å². The Morgan fingerprint density at radius 3 is 2.71 bits per heavy atom. The highest BCUT2D eigenvalue weighted by molar-refractivity contribution is 5.91. The molecule has 0 aromatic heterocycles. The third kappa shape index (κ3) is 3.33. The van der Waals surface area contributed by atoms with Crippen molar-refractivity contribution in [2.24, 2.45) is 16.9 Å². The van der Waals surface area contributed by atoms with Gasteiger partial charge in [-0.25, -0.2) is 4.79 Å². The van der Waals surface area contributed by atoms with Crippen LogP contribution in [0.1, 0.15) is 31.9 Å². The molecule has 114 valence electrons. The van der Waals surface area contributed by atoms with E-state index in [4.69, 9.17) is 11.5 Å². The molecule has 0 radical (unpaired) electrons. The van der Waals surface area contributed by atoms with Crippen molar-refractivity contribution in [1.29, 1.82) is 0 Å². The number of hydrogen-bond donors (Lipinski definition) is 3. The number of carbonyl (C=O) groups excluding carboxylic acids is 2. The maximum absolute atomic E-state index is 12.2. The zero-order chi connectivity index (χ0) is 15.6. The molecular formula is C15H22N4O2. The van der Waals surface area contributed by atoms with Gasteiger partial charge in [0, 0.05) is 24.8 Å². The van der Waals surface area contributed by atoms with Gasteiger partial charge in [0.25, 0.3) is 0 Å². The lowest BCUT2D eigenvalue weighted by atomic mass is 9.89. The van der Waals surface area contributed by atoms with Crippen molar-refractivity contribution in [3.05, 3.63) is 29.8 Å². The average Bonchev–Trinajstić information content (AvgIpc) is 2.83. The molecule has 0 bridgehead atoms. The van der Waals surface area contributed by atoms with Gasteiger partial charge >= 0.3 is 6.03 Å². The van der Waals surface area contributed by atoms with E-state index >= 15 is 0 Å². The lowest BCUT2D eigenvalue weighted by molar-refractivity contribution is -0.126. The van der Waals surface area contributed by atoms with Crippen molar-refractivity contribution in [2.45, 2.75) is 26.3 Å². The number of nitrogens with one attached hydrogen (secondary N) is 1. The molecule has 6 nitrogen and oxygen atoms in total. The summed E-state index contributed by atoms with van der Waals surface area (Å²) >= 11 is 0. The molecule has 1 aliphatic rings. The number of hydrogen-bond acceptors (Lipinski definition) is 3. The molecule has 3 amide bonds. The second-order valence-electron chi connectivity index (χ2n) is 5.94. The van der Waals surface area contributed by atoms with Crippen LogP contribution in [0.5, 0.6) is 0 Å². The summed E-state index contributed by atoms with van der Waals surface area (Å²) in [6.45, 7) is 4.55. The Kier molecular flexibility index (Phi) is 4.18. The molecule has 0 saturated carbocycles. The van der Waals surface area contributed by atoms with Crippen LogP contribution in [0.3, 0.4) is 0 Å². The zero-order valence-electron chi connectivity index (χ0n) is 12.4. The van der Waals surface area contributed by atoms with E-state index in [2.05, 4.69) is 5.32 Å². The molecule has 0 spiro atoms. The lowest BCUT2D eigenvalue weighted by Gasteiger charge is -2.21. The smallest absolute Gasteiger partial charge is 0.321 e. The van der Waals surface area contributed by atoms with Gasteiger partial charge in [0.05, 0.1) is 5.41 Å². The summed E-state index contributed by atoms with van der Waals surface area (Å²) in [4.78, 5) is 25.3. The maximum atomic E-state index is 12.2. The van der Waals surface area contributed by atoms with Crippen molar-refractivity contribution in [2.75, 3.05) is 18.4 Å². The average molecular weight is 290 g/mol. The van der Waals surface area contributed by atoms with E-state index in [0.29, 0.717) is 25.2 Å². The number of carbonyl (C=O) groups is 2. The van der Waals surface area contributed by atoms with Crippen LogP contribution in [0, 0.1) is 5.41 Å². The summed E-state index contributed by atoms with van der Waals surface area (Å²) in [5, 5.41) is 2.84. The van der Waals surface area contributed by atoms with E-state index in [1.165, 1.54) is 0 Å². The fourth-order valence-electron chi connectivity index (χ4n) is 2.44. The van der Waals surface area contributed by atoms with Crippen LogP contribution in [-0.2, 0) is 4.79 Å². The quantitative estimate of drug-likeness (QED) is 0.785. The normalized spacial score (nSPS) is 22.9. The Morgan fingerprint density at radius 2 is 2.14 bits per heavy atom. The van der Waals surface area contributed by atoms with Crippen LogP contribution in [0.25, 0.3) is 0 Å². The minimum absolute atomic E-state index is 0.0909. The Morgan fingerprint density at radius 1 is 1.43 bits per heavy atom. The van der Waals surface area contributed by atoms with E-state index in [9.17, 15) is 9.59 Å². The van der Waals surface area contributed by atoms with Gasteiger partial charge in [0.15, 0.2) is 0 Å². The van der Waals surface area contributed by atoms with Crippen LogP contribution in [0.2, 0.25) is 0 Å². The Bertz CT molecular complexity index is 558. The molecule has 6 heteroatoms. The van der Waals surface area contributed by atoms with E-state index in [0.717, 1.165) is 5.56 Å². The summed E-state index contributed by atoms with van der Waals surface area (Å²) in [6, 6.07) is 7.12. The second-order valence-corrected chi connectivity index (χ2v) is 5.94. The monoisotopic (exact) mass is 290 g/mol. The molecule has 2 atom stereocenters. The Balaban J connectivity index is 2.03. The Labute approximate surface area is 124 Å². The molecule has 1 aromatic rings. The number of urea groups is 1. The second kappa shape index (κ2) is 5.73. The van der Waals surface area contributed by atoms with Crippen molar-refractivity contribution in [3.63, 3.8) is 0 Å². The van der Waals surface area contributed by atoms with Crippen LogP contribution in [0.4, 0.5) is 10.5 Å². The summed E-state index contributed by atoms with van der Waals surface area (Å²) in [6.07, 6.45) is 0.593. The number of nitrogens with two attached hydrogens (primary N) is 2. The minimum atomic E-state index is -0.634. The van der Waals surface area contributed by atoms with Crippen molar-refractivity contribution in [3.8, 4) is 0 Å². The fourth-order valence-corrected chi connectivity index (χ4v) is 2.44. The molecule has 2 rings (SSSR count). The highest BCUT2D eigenvalue weighted by atomic mass is 16.2. The SMILES string of the molecule is CC(N)c1cccc(NC(=O)N2CCC(C)(C(N)=O)C2)c1. The first-order valence-corrected chi connectivity index (χ1v) is 7.03. The minimum Gasteiger partial charge on any atom is -0.369 e. The molecule has 1 aliphatic heterocycles. The summed E-state index contributed by atoms with van der Waals surface area (Å²) < 4.78 is 0. The lowest BCUT2D eigenvalue weighted by Crippen LogP contribution is -2.40.